The summed E-state index contributed by atoms with van der Waals surface area (Å²) < 4.78 is 0. The molecule has 12 rings (SSSR count). The lowest BCUT2D eigenvalue weighted by molar-refractivity contribution is 0.792. The third kappa shape index (κ3) is 3.18. The van der Waals surface area contributed by atoms with Gasteiger partial charge in [-0.2, -0.15) is 0 Å². The minimum Gasteiger partial charge on any atom is -0.345 e. The first-order valence-corrected chi connectivity index (χ1v) is 18.3. The number of benzene rings is 8. The quantitative estimate of drug-likeness (QED) is 0.179. The van der Waals surface area contributed by atoms with Gasteiger partial charge in [0.05, 0.1) is 10.8 Å². The Labute approximate surface area is 304 Å². The van der Waals surface area contributed by atoms with E-state index >= 15 is 0 Å². The zero-order chi connectivity index (χ0) is 34.2. The Hall–Kier alpha value is -6.44. The molecule has 0 fully saturated rings. The van der Waals surface area contributed by atoms with E-state index in [2.05, 4.69) is 194 Å². The minimum atomic E-state index is -0.364. The fraction of sp³-hybridized carbons (Fsp3) is 0.0588. The Morgan fingerprint density at radius 1 is 0.269 bits per heavy atom. The summed E-state index contributed by atoms with van der Waals surface area (Å²) in [4.78, 5) is 2.40. The predicted molar refractivity (Wildman–Crippen MR) is 214 cm³/mol. The number of hydrogen-bond acceptors (Lipinski definition) is 1. The number of fused-ring (bicyclic) bond motifs is 20. The van der Waals surface area contributed by atoms with Crippen molar-refractivity contribution >= 4 is 11.4 Å². The normalized spacial score (nSPS) is 14.9. The molecule has 0 heterocycles. The molecule has 0 N–H and O–H groups in total. The van der Waals surface area contributed by atoms with Gasteiger partial charge in [-0.05, 0) is 113 Å². The molecule has 0 radical (unpaired) electrons. The first kappa shape index (κ1) is 28.3. The van der Waals surface area contributed by atoms with Crippen molar-refractivity contribution in [1.29, 1.82) is 0 Å². The van der Waals surface area contributed by atoms with Crippen molar-refractivity contribution in [3.63, 3.8) is 0 Å². The van der Waals surface area contributed by atoms with Gasteiger partial charge in [-0.15, -0.1) is 0 Å². The summed E-state index contributed by atoms with van der Waals surface area (Å²) >= 11 is 0. The SMILES string of the molecule is CN(c1ccc2c(c1)C1(c3ccccc3-c3ccccc31)c1ccccc1-2)c1ccc2c(c1)C1(c3ccccc3-c3ccccc31)c1ccccc1-2. The summed E-state index contributed by atoms with van der Waals surface area (Å²) in [5, 5.41) is 0. The van der Waals surface area contributed by atoms with Crippen molar-refractivity contribution in [3.05, 3.63) is 226 Å². The molecule has 8 aromatic rings. The van der Waals surface area contributed by atoms with Crippen LogP contribution in [-0.4, -0.2) is 7.05 Å². The van der Waals surface area contributed by atoms with E-state index in [-0.39, 0.29) is 10.8 Å². The molecule has 1 heteroatoms. The largest absolute Gasteiger partial charge is 0.345 e. The second-order valence-corrected chi connectivity index (χ2v) is 14.8. The number of hydrogen-bond donors (Lipinski definition) is 0. The van der Waals surface area contributed by atoms with Gasteiger partial charge in [0.15, 0.2) is 0 Å². The summed E-state index contributed by atoms with van der Waals surface area (Å²) in [6.07, 6.45) is 0. The fourth-order valence-electron chi connectivity index (χ4n) is 10.7. The maximum atomic E-state index is 2.48. The van der Waals surface area contributed by atoms with Crippen LogP contribution in [0.2, 0.25) is 0 Å². The van der Waals surface area contributed by atoms with Crippen LogP contribution in [0, 0.1) is 0 Å². The van der Waals surface area contributed by atoms with E-state index in [1.54, 1.807) is 0 Å². The van der Waals surface area contributed by atoms with E-state index in [4.69, 9.17) is 0 Å². The van der Waals surface area contributed by atoms with Gasteiger partial charge in [0.25, 0.3) is 0 Å². The molecule has 0 unspecified atom stereocenters. The highest BCUT2D eigenvalue weighted by molar-refractivity contribution is 5.98. The first-order valence-electron chi connectivity index (χ1n) is 18.3. The van der Waals surface area contributed by atoms with E-state index in [1.807, 2.05) is 0 Å². The van der Waals surface area contributed by atoms with Crippen LogP contribution in [-0.2, 0) is 10.8 Å². The second-order valence-electron chi connectivity index (χ2n) is 14.8. The van der Waals surface area contributed by atoms with Crippen LogP contribution < -0.4 is 4.90 Å². The number of anilines is 2. The van der Waals surface area contributed by atoms with Crippen molar-refractivity contribution in [2.45, 2.75) is 10.8 Å². The highest BCUT2D eigenvalue weighted by atomic mass is 15.1. The Morgan fingerprint density at radius 3 is 0.769 bits per heavy atom. The lowest BCUT2D eigenvalue weighted by atomic mass is 9.70. The molecule has 4 aliphatic rings. The smallest absolute Gasteiger partial charge is 0.0726 e. The van der Waals surface area contributed by atoms with E-state index in [0.29, 0.717) is 0 Å². The predicted octanol–water partition coefficient (Wildman–Crippen LogP) is 12.1. The molecule has 0 aliphatic heterocycles. The monoisotopic (exact) mass is 659 g/mol. The van der Waals surface area contributed by atoms with Crippen LogP contribution in [0.1, 0.15) is 44.5 Å². The average Bonchev–Trinajstić information content (AvgIpc) is 3.89. The molecule has 0 aromatic heterocycles. The Morgan fingerprint density at radius 2 is 0.500 bits per heavy atom. The molecular weight excluding hydrogens is 627 g/mol. The van der Waals surface area contributed by atoms with Crippen LogP contribution in [0.3, 0.4) is 0 Å². The van der Waals surface area contributed by atoms with E-state index in [9.17, 15) is 0 Å². The molecule has 8 aromatic carbocycles. The average molecular weight is 660 g/mol. The molecule has 0 amide bonds. The van der Waals surface area contributed by atoms with Crippen molar-refractivity contribution < 1.29 is 0 Å². The van der Waals surface area contributed by atoms with Gasteiger partial charge < -0.3 is 4.90 Å². The van der Waals surface area contributed by atoms with Crippen LogP contribution in [0.4, 0.5) is 11.4 Å². The zero-order valence-electron chi connectivity index (χ0n) is 28.8. The number of rotatable bonds is 2. The molecule has 0 saturated heterocycles. The molecule has 242 valence electrons. The van der Waals surface area contributed by atoms with Crippen molar-refractivity contribution in [1.82, 2.24) is 0 Å². The summed E-state index contributed by atoms with van der Waals surface area (Å²) in [5.74, 6) is 0. The molecule has 0 bridgehead atoms. The van der Waals surface area contributed by atoms with Crippen LogP contribution >= 0.6 is 0 Å². The fourth-order valence-corrected chi connectivity index (χ4v) is 10.7. The standard InChI is InChI=1S/C51H33N/c1-52(32-26-28-40-38-18-6-12-24-46(38)50(48(40)30-32)42-20-8-2-14-34(42)35-15-3-9-21-43(35)50)33-27-29-41-39-19-7-13-25-47(39)51(49(41)31-33)44-22-10-4-16-36(44)37-17-5-11-23-45(37)51/h2-31H,1H3. The van der Waals surface area contributed by atoms with Crippen molar-refractivity contribution in [3.8, 4) is 44.5 Å². The summed E-state index contributed by atoms with van der Waals surface area (Å²) in [7, 11) is 2.24. The second kappa shape index (κ2) is 9.87. The highest BCUT2D eigenvalue weighted by Gasteiger charge is 2.53. The summed E-state index contributed by atoms with van der Waals surface area (Å²) in [6, 6.07) is 68.6. The van der Waals surface area contributed by atoms with Crippen LogP contribution in [0.15, 0.2) is 182 Å². The maximum Gasteiger partial charge on any atom is 0.0726 e. The van der Waals surface area contributed by atoms with Gasteiger partial charge in [0.2, 0.25) is 0 Å². The van der Waals surface area contributed by atoms with Crippen molar-refractivity contribution in [2.75, 3.05) is 11.9 Å². The van der Waals surface area contributed by atoms with Gasteiger partial charge in [0.1, 0.15) is 0 Å². The molecule has 1 nitrogen and oxygen atoms in total. The summed E-state index contributed by atoms with van der Waals surface area (Å²) in [6.45, 7) is 0. The lowest BCUT2D eigenvalue weighted by Gasteiger charge is -2.32. The minimum absolute atomic E-state index is 0.364. The molecule has 0 atom stereocenters. The van der Waals surface area contributed by atoms with Gasteiger partial charge in [-0.25, -0.2) is 0 Å². The lowest BCUT2D eigenvalue weighted by Crippen LogP contribution is -2.26. The molecule has 52 heavy (non-hydrogen) atoms. The van der Waals surface area contributed by atoms with Crippen molar-refractivity contribution in [2.24, 2.45) is 0 Å². The Bertz CT molecular complexity index is 2520. The summed E-state index contributed by atoms with van der Waals surface area (Å²) in [5.41, 5.74) is 23.2. The molecule has 2 spiro atoms. The Kier molecular flexibility index (Phi) is 5.37. The number of nitrogens with zero attached hydrogens (tertiary/aromatic N) is 1. The molecular formula is C51H33N. The topological polar surface area (TPSA) is 3.24 Å². The third-order valence-corrected chi connectivity index (χ3v) is 12.7. The maximum absolute atomic E-state index is 2.48. The first-order chi connectivity index (χ1) is 25.7. The van der Waals surface area contributed by atoms with Gasteiger partial charge in [0, 0.05) is 18.4 Å². The van der Waals surface area contributed by atoms with Gasteiger partial charge in [-0.1, -0.05) is 158 Å². The third-order valence-electron chi connectivity index (χ3n) is 12.7. The van der Waals surface area contributed by atoms with Crippen LogP contribution in [0.5, 0.6) is 0 Å². The Balaban J connectivity index is 1.07. The van der Waals surface area contributed by atoms with Gasteiger partial charge in [-0.3, -0.25) is 0 Å². The molecule has 4 aliphatic carbocycles. The highest BCUT2D eigenvalue weighted by Crippen LogP contribution is 2.65. The van der Waals surface area contributed by atoms with Gasteiger partial charge >= 0.3 is 0 Å². The van der Waals surface area contributed by atoms with Crippen LogP contribution in [0.25, 0.3) is 44.5 Å². The zero-order valence-corrected chi connectivity index (χ0v) is 28.8. The molecule has 0 saturated carbocycles. The van der Waals surface area contributed by atoms with E-state index in [0.717, 1.165) is 0 Å². The van der Waals surface area contributed by atoms with E-state index in [1.165, 1.54) is 100 Å². The van der Waals surface area contributed by atoms with E-state index < -0.39 is 0 Å².